The van der Waals surface area contributed by atoms with E-state index in [4.69, 9.17) is 29.2 Å². The summed E-state index contributed by atoms with van der Waals surface area (Å²) in [7, 11) is 1.57. The van der Waals surface area contributed by atoms with Crippen LogP contribution in [-0.4, -0.2) is 39.7 Å². The van der Waals surface area contributed by atoms with Crippen molar-refractivity contribution in [2.75, 3.05) is 13.7 Å². The first-order chi connectivity index (χ1) is 29.5. The third-order valence-corrected chi connectivity index (χ3v) is 10.9. The summed E-state index contributed by atoms with van der Waals surface area (Å²) in [6.45, 7) is 33.0. The van der Waals surface area contributed by atoms with E-state index < -0.39 is 5.97 Å². The minimum Gasteiger partial charge on any atom is -0.507 e. The van der Waals surface area contributed by atoms with Crippen molar-refractivity contribution in [3.8, 4) is 57.2 Å². The highest BCUT2D eigenvalue weighted by Gasteiger charge is 2.28. The molecule has 4 aromatic carbocycles. The number of esters is 1. The number of carbonyl (C=O) groups excluding carboxylic acids is 1. The van der Waals surface area contributed by atoms with E-state index in [1.54, 1.807) is 37.4 Å². The van der Waals surface area contributed by atoms with Gasteiger partial charge in [0.1, 0.15) is 23.0 Å². The third-order valence-electron chi connectivity index (χ3n) is 10.9. The lowest BCUT2D eigenvalue weighted by atomic mass is 9.78. The van der Waals surface area contributed by atoms with Gasteiger partial charge in [0.05, 0.1) is 19.3 Å². The molecule has 0 bridgehead atoms. The second kappa shape index (κ2) is 21.2. The van der Waals surface area contributed by atoms with Gasteiger partial charge in [-0.2, -0.15) is 0 Å². The minimum atomic E-state index is -0.467. The molecule has 8 heteroatoms. The van der Waals surface area contributed by atoms with Crippen molar-refractivity contribution >= 4 is 5.97 Å². The van der Waals surface area contributed by atoms with E-state index in [2.05, 4.69) is 133 Å². The zero-order valence-corrected chi connectivity index (χ0v) is 40.7. The van der Waals surface area contributed by atoms with Gasteiger partial charge in [-0.25, -0.2) is 19.7 Å². The average molecular weight is 856 g/mol. The summed E-state index contributed by atoms with van der Waals surface area (Å²) in [5.74, 6) is 3.09. The van der Waals surface area contributed by atoms with Gasteiger partial charge >= 0.3 is 5.97 Å². The highest BCUT2D eigenvalue weighted by Crippen LogP contribution is 2.40. The standard InChI is InChI=1S/C45H63N3O2.C10H10O3/c1-14-15-16-17-18-19-26-50-32-22-25-35(38(49)29-32)41-47-39(33-23-20-30(42(2,3)4)27-36(33)44(8,9)10)46-40(48-41)34-24-21-31(43(5,6)7)28-37(34)45(11,12)13;1-3-10(11)13-9-6-4-8(12-2)5-7-9/h20-25,27-29,49H,14-19,26H2,1-13H3;3-7H,1H2,2H3. The minimum absolute atomic E-state index is 0.00494. The highest BCUT2D eigenvalue weighted by molar-refractivity contribution is 5.83. The number of carbonyl (C=O) groups is 1. The first kappa shape index (κ1) is 50.1. The topological polar surface area (TPSA) is 104 Å². The van der Waals surface area contributed by atoms with E-state index in [0.717, 1.165) is 35.8 Å². The molecule has 5 aromatic rings. The predicted molar refractivity (Wildman–Crippen MR) is 260 cm³/mol. The number of phenols is 1. The Bertz CT molecular complexity index is 2210. The smallest absolute Gasteiger partial charge is 0.335 e. The molecule has 0 atom stereocenters. The molecule has 0 saturated heterocycles. The first-order valence-electron chi connectivity index (χ1n) is 22.5. The molecule has 63 heavy (non-hydrogen) atoms. The summed E-state index contributed by atoms with van der Waals surface area (Å²) in [6.07, 6.45) is 8.31. The first-order valence-corrected chi connectivity index (χ1v) is 22.5. The number of ether oxygens (including phenoxy) is 3. The van der Waals surface area contributed by atoms with E-state index in [0.29, 0.717) is 41.1 Å². The van der Waals surface area contributed by atoms with Crippen molar-refractivity contribution in [3.63, 3.8) is 0 Å². The summed E-state index contributed by atoms with van der Waals surface area (Å²) in [4.78, 5) is 26.2. The Morgan fingerprint density at radius 2 is 1.00 bits per heavy atom. The zero-order chi connectivity index (χ0) is 46.8. The van der Waals surface area contributed by atoms with Crippen LogP contribution in [0.2, 0.25) is 0 Å². The average Bonchev–Trinajstić information content (AvgIpc) is 3.22. The number of hydrogen-bond donors (Lipinski definition) is 1. The van der Waals surface area contributed by atoms with Gasteiger partial charge in [-0.1, -0.05) is 165 Å². The van der Waals surface area contributed by atoms with Gasteiger partial charge in [0, 0.05) is 23.3 Å². The van der Waals surface area contributed by atoms with Gasteiger partial charge in [-0.05, 0) is 86.7 Å². The molecule has 0 unspecified atom stereocenters. The quantitative estimate of drug-likeness (QED) is 0.0510. The fraction of sp³-hybridized carbons (Fsp3) is 0.455. The maximum Gasteiger partial charge on any atom is 0.335 e. The highest BCUT2D eigenvalue weighted by atomic mass is 16.5. The lowest BCUT2D eigenvalue weighted by Gasteiger charge is -2.28. The monoisotopic (exact) mass is 856 g/mol. The largest absolute Gasteiger partial charge is 0.507 e. The molecule has 0 aliphatic heterocycles. The maximum absolute atomic E-state index is 11.4. The van der Waals surface area contributed by atoms with Crippen molar-refractivity contribution in [1.29, 1.82) is 0 Å². The van der Waals surface area contributed by atoms with Crippen LogP contribution < -0.4 is 14.2 Å². The Labute approximate surface area is 378 Å². The van der Waals surface area contributed by atoms with E-state index in [1.165, 1.54) is 47.9 Å². The molecule has 0 amide bonds. The van der Waals surface area contributed by atoms with Crippen molar-refractivity contribution in [1.82, 2.24) is 15.0 Å². The second-order valence-electron chi connectivity index (χ2n) is 20.4. The molecule has 8 nitrogen and oxygen atoms in total. The van der Waals surface area contributed by atoms with E-state index in [9.17, 15) is 9.90 Å². The number of rotatable bonds is 14. The molecular formula is C55H73N3O5. The maximum atomic E-state index is 11.4. The van der Waals surface area contributed by atoms with Crippen LogP contribution in [0.1, 0.15) is 151 Å². The van der Waals surface area contributed by atoms with Crippen LogP contribution >= 0.6 is 0 Å². The summed E-state index contributed by atoms with van der Waals surface area (Å²) >= 11 is 0. The van der Waals surface area contributed by atoms with Gasteiger partial charge in [0.25, 0.3) is 0 Å². The molecule has 338 valence electrons. The Hall–Kier alpha value is -5.50. The number of hydrogen-bond acceptors (Lipinski definition) is 8. The molecule has 0 radical (unpaired) electrons. The summed E-state index contributed by atoms with van der Waals surface area (Å²) in [6, 6.07) is 25.5. The van der Waals surface area contributed by atoms with Crippen LogP contribution in [0, 0.1) is 0 Å². The summed E-state index contributed by atoms with van der Waals surface area (Å²) in [5, 5.41) is 11.4. The lowest BCUT2D eigenvalue weighted by Crippen LogP contribution is -2.19. The molecule has 1 aromatic heterocycles. The second-order valence-corrected chi connectivity index (χ2v) is 20.4. The van der Waals surface area contributed by atoms with Crippen LogP contribution in [0.15, 0.2) is 91.5 Å². The summed E-state index contributed by atoms with van der Waals surface area (Å²) < 4.78 is 15.8. The molecule has 0 aliphatic rings. The molecular weight excluding hydrogens is 783 g/mol. The van der Waals surface area contributed by atoms with Crippen LogP contribution in [0.25, 0.3) is 34.2 Å². The molecule has 1 heterocycles. The van der Waals surface area contributed by atoms with E-state index in [1.807, 2.05) is 12.1 Å². The molecule has 0 aliphatic carbocycles. The molecule has 1 N–H and O–H groups in total. The van der Waals surface area contributed by atoms with Crippen LogP contribution in [-0.2, 0) is 26.5 Å². The third kappa shape index (κ3) is 14.3. The molecule has 0 fully saturated rings. The molecule has 0 spiro atoms. The van der Waals surface area contributed by atoms with Gasteiger partial charge in [-0.15, -0.1) is 0 Å². The Morgan fingerprint density at radius 1 is 0.571 bits per heavy atom. The number of unbranched alkanes of at least 4 members (excludes halogenated alkanes) is 5. The van der Waals surface area contributed by atoms with Crippen molar-refractivity contribution in [2.24, 2.45) is 0 Å². The van der Waals surface area contributed by atoms with Gasteiger partial charge in [0.15, 0.2) is 17.5 Å². The Kier molecular flexibility index (Phi) is 16.9. The Morgan fingerprint density at radius 3 is 1.43 bits per heavy atom. The zero-order valence-electron chi connectivity index (χ0n) is 40.7. The van der Waals surface area contributed by atoms with Gasteiger partial charge in [0.2, 0.25) is 0 Å². The van der Waals surface area contributed by atoms with Gasteiger partial charge < -0.3 is 19.3 Å². The fourth-order valence-corrected chi connectivity index (χ4v) is 7.05. The number of benzene rings is 4. The number of aromatic hydroxyl groups is 1. The van der Waals surface area contributed by atoms with E-state index >= 15 is 0 Å². The van der Waals surface area contributed by atoms with Crippen LogP contribution in [0.4, 0.5) is 0 Å². The number of methoxy groups -OCH3 is 1. The normalized spacial score (nSPS) is 12.0. The van der Waals surface area contributed by atoms with Crippen LogP contribution in [0.3, 0.4) is 0 Å². The van der Waals surface area contributed by atoms with Crippen LogP contribution in [0.5, 0.6) is 23.0 Å². The SMILES string of the molecule is C=CC(=O)Oc1ccc(OC)cc1.CCCCCCCCOc1ccc(-c2nc(-c3ccc(C(C)(C)C)cc3C(C)(C)C)nc(-c3ccc(C(C)(C)C)cc3C(C)(C)C)n2)c(O)c1. The fourth-order valence-electron chi connectivity index (χ4n) is 7.05. The van der Waals surface area contributed by atoms with Crippen molar-refractivity contribution in [3.05, 3.63) is 114 Å². The summed E-state index contributed by atoms with van der Waals surface area (Å²) in [5.41, 5.74) is 7.04. The Balaban J connectivity index is 0.000000572. The van der Waals surface area contributed by atoms with Crippen molar-refractivity contribution < 1.29 is 24.1 Å². The number of nitrogens with zero attached hydrogens (tertiary/aromatic N) is 3. The molecule has 0 saturated carbocycles. The van der Waals surface area contributed by atoms with E-state index in [-0.39, 0.29) is 27.4 Å². The van der Waals surface area contributed by atoms with Gasteiger partial charge in [-0.3, -0.25) is 0 Å². The number of phenolic OH excluding ortho intramolecular Hbond substituents is 1. The number of aromatic nitrogens is 3. The lowest BCUT2D eigenvalue weighted by molar-refractivity contribution is -0.128. The van der Waals surface area contributed by atoms with Crippen molar-refractivity contribution in [2.45, 2.75) is 150 Å². The predicted octanol–water partition coefficient (Wildman–Crippen LogP) is 14.3. The molecule has 5 rings (SSSR count).